The Morgan fingerprint density at radius 1 is 1.35 bits per heavy atom. The van der Waals surface area contributed by atoms with E-state index >= 15 is 0 Å². The first-order valence-corrected chi connectivity index (χ1v) is 6.01. The maximum Gasteiger partial charge on any atom is 0.321 e. The van der Waals surface area contributed by atoms with Crippen molar-refractivity contribution in [2.75, 3.05) is 0 Å². The average molecular weight is 279 g/mol. The van der Waals surface area contributed by atoms with Gasteiger partial charge in [-0.25, -0.2) is 4.79 Å². The fourth-order valence-electron chi connectivity index (χ4n) is 1.38. The molecule has 0 atom stereocenters. The van der Waals surface area contributed by atoms with Crippen LogP contribution in [0.5, 0.6) is 0 Å². The molecule has 1 aromatic rings. The molecule has 3 N–H and O–H groups in total. The Kier molecular flexibility index (Phi) is 5.19. The van der Waals surface area contributed by atoms with Gasteiger partial charge in [0.05, 0.1) is 5.41 Å². The van der Waals surface area contributed by atoms with Crippen molar-refractivity contribution >= 4 is 17.9 Å². The van der Waals surface area contributed by atoms with E-state index in [2.05, 4.69) is 15.6 Å². The van der Waals surface area contributed by atoms with Crippen molar-refractivity contribution in [3.63, 3.8) is 0 Å². The summed E-state index contributed by atoms with van der Waals surface area (Å²) in [5.74, 6) is -1.73. The van der Waals surface area contributed by atoms with E-state index in [-0.39, 0.29) is 13.0 Å². The Bertz CT molecular complexity index is 500. The van der Waals surface area contributed by atoms with Gasteiger partial charge in [0.1, 0.15) is 0 Å². The molecule has 0 bridgehead atoms. The monoisotopic (exact) mass is 279 g/mol. The molecule has 0 unspecified atom stereocenters. The lowest BCUT2D eigenvalue weighted by Crippen LogP contribution is -2.41. The highest BCUT2D eigenvalue weighted by atomic mass is 16.4. The first-order valence-electron chi connectivity index (χ1n) is 6.01. The summed E-state index contributed by atoms with van der Waals surface area (Å²) in [5.41, 5.74) is -0.422. The molecule has 7 nitrogen and oxygen atoms in total. The van der Waals surface area contributed by atoms with Crippen LogP contribution in [0.1, 0.15) is 25.8 Å². The summed E-state index contributed by atoms with van der Waals surface area (Å²) in [6.45, 7) is 3.07. The highest BCUT2D eigenvalue weighted by Crippen LogP contribution is 2.19. The third kappa shape index (κ3) is 5.05. The number of carboxylic acids is 1. The summed E-state index contributed by atoms with van der Waals surface area (Å²) < 4.78 is 0. The van der Waals surface area contributed by atoms with Crippen LogP contribution in [-0.4, -0.2) is 28.0 Å². The fraction of sp³-hybridized carbons (Fsp3) is 0.385. The number of hydrogen-bond donors (Lipinski definition) is 3. The standard InChI is InChI=1S/C13H17N3O4/c1-13(2,11(18)19)6-10(17)16-12(20)15-8-9-4-3-5-14-7-9/h3-5,7H,6,8H2,1-2H3,(H,18,19)(H2,15,16,17,20). The Hall–Kier alpha value is -2.44. The Balaban J connectivity index is 2.39. The molecule has 0 radical (unpaired) electrons. The highest BCUT2D eigenvalue weighted by Gasteiger charge is 2.30. The van der Waals surface area contributed by atoms with Gasteiger partial charge in [-0.3, -0.25) is 19.9 Å². The molecule has 1 aromatic heterocycles. The van der Waals surface area contributed by atoms with Gasteiger partial charge in [-0.05, 0) is 25.5 Å². The molecule has 3 amide bonds. The summed E-state index contributed by atoms with van der Waals surface area (Å²) >= 11 is 0. The van der Waals surface area contributed by atoms with Crippen LogP contribution >= 0.6 is 0 Å². The zero-order valence-corrected chi connectivity index (χ0v) is 11.3. The number of imide groups is 1. The Morgan fingerprint density at radius 2 is 2.05 bits per heavy atom. The van der Waals surface area contributed by atoms with Gasteiger partial charge in [-0.2, -0.15) is 0 Å². The van der Waals surface area contributed by atoms with E-state index in [1.807, 2.05) is 0 Å². The quantitative estimate of drug-likeness (QED) is 0.742. The van der Waals surface area contributed by atoms with E-state index in [0.717, 1.165) is 5.56 Å². The number of nitrogens with one attached hydrogen (secondary N) is 2. The number of urea groups is 1. The lowest BCUT2D eigenvalue weighted by molar-refractivity contribution is -0.149. The minimum absolute atomic E-state index is 0.231. The van der Waals surface area contributed by atoms with Crippen molar-refractivity contribution in [1.82, 2.24) is 15.6 Å². The molecule has 7 heteroatoms. The molecule has 0 saturated heterocycles. The van der Waals surface area contributed by atoms with Crippen LogP contribution in [0.4, 0.5) is 4.79 Å². The number of hydrogen-bond acceptors (Lipinski definition) is 4. The van der Waals surface area contributed by atoms with Crippen LogP contribution in [0.3, 0.4) is 0 Å². The number of aliphatic carboxylic acids is 1. The molecule has 1 rings (SSSR count). The number of rotatable bonds is 5. The largest absolute Gasteiger partial charge is 0.481 e. The third-order valence-corrected chi connectivity index (χ3v) is 2.61. The van der Waals surface area contributed by atoms with Gasteiger partial charge in [0.25, 0.3) is 0 Å². The lowest BCUT2D eigenvalue weighted by Gasteiger charge is -2.17. The molecule has 108 valence electrons. The van der Waals surface area contributed by atoms with E-state index in [9.17, 15) is 14.4 Å². The molecule has 0 aliphatic heterocycles. The van der Waals surface area contributed by atoms with Crippen molar-refractivity contribution in [3.05, 3.63) is 30.1 Å². The van der Waals surface area contributed by atoms with Crippen LogP contribution in [0.15, 0.2) is 24.5 Å². The third-order valence-electron chi connectivity index (χ3n) is 2.61. The van der Waals surface area contributed by atoms with E-state index in [1.54, 1.807) is 24.5 Å². The molecule has 0 aromatic carbocycles. The van der Waals surface area contributed by atoms with Gasteiger partial charge in [-0.15, -0.1) is 0 Å². The highest BCUT2D eigenvalue weighted by molar-refractivity contribution is 5.96. The number of carboxylic acid groups (broad SMARTS) is 1. The zero-order chi connectivity index (χ0) is 15.2. The lowest BCUT2D eigenvalue weighted by atomic mass is 9.89. The number of pyridine rings is 1. The number of amides is 3. The van der Waals surface area contributed by atoms with Crippen molar-refractivity contribution in [2.24, 2.45) is 5.41 Å². The second-order valence-corrected chi connectivity index (χ2v) is 4.96. The number of carbonyl (C=O) groups excluding carboxylic acids is 2. The molecule has 0 aliphatic carbocycles. The van der Waals surface area contributed by atoms with Gasteiger partial charge in [0, 0.05) is 25.4 Å². The SMILES string of the molecule is CC(C)(CC(=O)NC(=O)NCc1cccnc1)C(=O)O. The number of carbonyl (C=O) groups is 3. The first kappa shape index (κ1) is 15.6. The van der Waals surface area contributed by atoms with Gasteiger partial charge >= 0.3 is 12.0 Å². The fourth-order valence-corrected chi connectivity index (χ4v) is 1.38. The van der Waals surface area contributed by atoms with Crippen LogP contribution < -0.4 is 10.6 Å². The van der Waals surface area contributed by atoms with Crippen LogP contribution in [0.25, 0.3) is 0 Å². The molecule has 0 fully saturated rings. The number of aromatic nitrogens is 1. The van der Waals surface area contributed by atoms with Crippen LogP contribution in [-0.2, 0) is 16.1 Å². The molecule has 0 aliphatic rings. The molecule has 1 heterocycles. The summed E-state index contributed by atoms with van der Waals surface area (Å²) in [4.78, 5) is 37.8. The van der Waals surface area contributed by atoms with E-state index in [0.29, 0.717) is 0 Å². The second kappa shape index (κ2) is 6.65. The minimum Gasteiger partial charge on any atom is -0.481 e. The van der Waals surface area contributed by atoms with Crippen molar-refractivity contribution in [2.45, 2.75) is 26.8 Å². The van der Waals surface area contributed by atoms with Crippen molar-refractivity contribution in [1.29, 1.82) is 0 Å². The summed E-state index contributed by atoms with van der Waals surface area (Å²) in [7, 11) is 0. The molecular formula is C13H17N3O4. The maximum absolute atomic E-state index is 11.5. The van der Waals surface area contributed by atoms with Crippen molar-refractivity contribution in [3.8, 4) is 0 Å². The van der Waals surface area contributed by atoms with Gasteiger partial charge < -0.3 is 10.4 Å². The predicted molar refractivity (Wildman–Crippen MR) is 70.6 cm³/mol. The Labute approximate surface area is 116 Å². The second-order valence-electron chi connectivity index (χ2n) is 4.96. The van der Waals surface area contributed by atoms with Crippen LogP contribution in [0.2, 0.25) is 0 Å². The topological polar surface area (TPSA) is 108 Å². The minimum atomic E-state index is -1.21. The smallest absolute Gasteiger partial charge is 0.321 e. The zero-order valence-electron chi connectivity index (χ0n) is 11.3. The first-order chi connectivity index (χ1) is 9.31. The summed E-state index contributed by atoms with van der Waals surface area (Å²) in [5, 5.41) is 13.5. The average Bonchev–Trinajstić information content (AvgIpc) is 2.36. The molecule has 20 heavy (non-hydrogen) atoms. The molecule has 0 saturated carbocycles. The Morgan fingerprint density at radius 3 is 2.60 bits per heavy atom. The van der Waals surface area contributed by atoms with Gasteiger partial charge in [0.2, 0.25) is 5.91 Å². The summed E-state index contributed by atoms with van der Waals surface area (Å²) in [6.07, 6.45) is 2.93. The van der Waals surface area contributed by atoms with E-state index in [1.165, 1.54) is 13.8 Å². The molecular weight excluding hydrogens is 262 g/mol. The van der Waals surface area contributed by atoms with E-state index in [4.69, 9.17) is 5.11 Å². The van der Waals surface area contributed by atoms with Gasteiger partial charge in [-0.1, -0.05) is 6.07 Å². The van der Waals surface area contributed by atoms with Crippen LogP contribution in [0, 0.1) is 5.41 Å². The van der Waals surface area contributed by atoms with E-state index < -0.39 is 23.3 Å². The summed E-state index contributed by atoms with van der Waals surface area (Å²) in [6, 6.07) is 2.85. The van der Waals surface area contributed by atoms with Gasteiger partial charge in [0.15, 0.2) is 0 Å². The van der Waals surface area contributed by atoms with Crippen molar-refractivity contribution < 1.29 is 19.5 Å². The molecule has 0 spiro atoms. The predicted octanol–water partition coefficient (Wildman–Crippen LogP) is 0.908. The maximum atomic E-state index is 11.5. The normalized spacial score (nSPS) is 10.7. The number of nitrogens with zero attached hydrogens (tertiary/aromatic N) is 1.